The number of hydrogen-bond acceptors (Lipinski definition) is 2. The molecule has 0 saturated carbocycles. The van der Waals surface area contributed by atoms with Gasteiger partial charge in [0.15, 0.2) is 0 Å². The van der Waals surface area contributed by atoms with Crippen LogP contribution in [-0.2, 0) is 0 Å². The van der Waals surface area contributed by atoms with Crippen LogP contribution >= 0.6 is 0 Å². The summed E-state index contributed by atoms with van der Waals surface area (Å²) >= 11 is 0. The van der Waals surface area contributed by atoms with Gasteiger partial charge in [-0.25, -0.2) is 4.99 Å². The molecule has 1 heterocycles. The SMILES string of the molecule is OC1=CC=C=NC=C1. The average molecular weight is 107 g/mol. The van der Waals surface area contributed by atoms with Gasteiger partial charge in [0.1, 0.15) is 5.76 Å². The number of nitrogens with zero attached hydrogens (tertiary/aromatic N) is 1. The van der Waals surface area contributed by atoms with Crippen molar-refractivity contribution < 1.29 is 5.11 Å². The molecule has 0 aromatic rings. The van der Waals surface area contributed by atoms with Gasteiger partial charge in [-0.3, -0.25) is 0 Å². The minimum atomic E-state index is 0.207. The number of aliphatic imine (C=N–C) groups is 1. The lowest BCUT2D eigenvalue weighted by Crippen LogP contribution is -1.67. The topological polar surface area (TPSA) is 32.6 Å². The molecule has 0 atom stereocenters. The van der Waals surface area contributed by atoms with E-state index in [0.717, 1.165) is 0 Å². The van der Waals surface area contributed by atoms with E-state index in [4.69, 9.17) is 5.11 Å². The molecule has 2 nitrogen and oxygen atoms in total. The van der Waals surface area contributed by atoms with E-state index in [0.29, 0.717) is 0 Å². The maximum atomic E-state index is 8.73. The van der Waals surface area contributed by atoms with E-state index >= 15 is 0 Å². The van der Waals surface area contributed by atoms with E-state index in [1.807, 2.05) is 0 Å². The molecule has 0 amide bonds. The summed E-state index contributed by atoms with van der Waals surface area (Å²) in [6, 6.07) is 0. The smallest absolute Gasteiger partial charge is 0.117 e. The Balaban J connectivity index is 2.90. The largest absolute Gasteiger partial charge is 0.508 e. The van der Waals surface area contributed by atoms with E-state index in [1.165, 1.54) is 18.4 Å². The molecular weight excluding hydrogens is 102 g/mol. The highest BCUT2D eigenvalue weighted by Gasteiger charge is 1.80. The minimum Gasteiger partial charge on any atom is -0.508 e. The van der Waals surface area contributed by atoms with Crippen LogP contribution in [0.15, 0.2) is 35.2 Å². The summed E-state index contributed by atoms with van der Waals surface area (Å²) in [7, 11) is 0. The van der Waals surface area contributed by atoms with Crippen molar-refractivity contribution in [2.45, 2.75) is 0 Å². The third kappa shape index (κ3) is 1.10. The quantitative estimate of drug-likeness (QED) is 0.495. The van der Waals surface area contributed by atoms with Crippen LogP contribution in [-0.4, -0.2) is 11.0 Å². The number of rotatable bonds is 0. The summed E-state index contributed by atoms with van der Waals surface area (Å²) in [6.07, 6.45) is 6.05. The van der Waals surface area contributed by atoms with E-state index in [1.54, 1.807) is 6.08 Å². The third-order valence-corrected chi connectivity index (χ3v) is 0.723. The Kier molecular flexibility index (Phi) is 1.31. The molecule has 8 heavy (non-hydrogen) atoms. The molecule has 1 N–H and O–H groups in total. The van der Waals surface area contributed by atoms with Crippen molar-refractivity contribution in [2.24, 2.45) is 4.99 Å². The molecule has 0 aliphatic carbocycles. The Morgan fingerprint density at radius 3 is 3.38 bits per heavy atom. The maximum absolute atomic E-state index is 8.73. The second kappa shape index (κ2) is 2.15. The van der Waals surface area contributed by atoms with Crippen molar-refractivity contribution in [3.05, 3.63) is 30.2 Å². The van der Waals surface area contributed by atoms with Gasteiger partial charge in [0, 0.05) is 12.3 Å². The fourth-order valence-corrected chi connectivity index (χ4v) is 0.378. The first-order valence-electron chi connectivity index (χ1n) is 2.24. The summed E-state index contributed by atoms with van der Waals surface area (Å²) < 4.78 is 0. The lowest BCUT2D eigenvalue weighted by molar-refractivity contribution is 0.432. The van der Waals surface area contributed by atoms with Crippen LogP contribution in [0, 0.1) is 0 Å². The molecule has 1 rings (SSSR count). The minimum absolute atomic E-state index is 0.207. The molecular formula is C6H5NO. The van der Waals surface area contributed by atoms with Crippen LogP contribution < -0.4 is 0 Å². The molecule has 0 fully saturated rings. The zero-order valence-electron chi connectivity index (χ0n) is 4.20. The Morgan fingerprint density at radius 1 is 1.62 bits per heavy atom. The molecule has 0 aromatic carbocycles. The maximum Gasteiger partial charge on any atom is 0.117 e. The summed E-state index contributed by atoms with van der Waals surface area (Å²) in [5.74, 6) is 2.76. The van der Waals surface area contributed by atoms with Crippen molar-refractivity contribution in [3.63, 3.8) is 0 Å². The first-order valence-corrected chi connectivity index (χ1v) is 2.24. The van der Waals surface area contributed by atoms with Gasteiger partial charge in [-0.15, -0.1) is 0 Å². The molecule has 40 valence electrons. The van der Waals surface area contributed by atoms with E-state index < -0.39 is 0 Å². The van der Waals surface area contributed by atoms with Crippen molar-refractivity contribution >= 4 is 5.87 Å². The normalized spacial score (nSPS) is 15.8. The molecule has 0 spiro atoms. The highest BCUT2D eigenvalue weighted by molar-refractivity contribution is 5.57. The Morgan fingerprint density at radius 2 is 2.50 bits per heavy atom. The number of allylic oxidation sites excluding steroid dienone is 3. The average Bonchev–Trinajstić information content (AvgIpc) is 1.94. The molecule has 2 heteroatoms. The monoisotopic (exact) mass is 107 g/mol. The van der Waals surface area contributed by atoms with Crippen molar-refractivity contribution in [1.29, 1.82) is 0 Å². The highest BCUT2D eigenvalue weighted by Crippen LogP contribution is 1.92. The van der Waals surface area contributed by atoms with Crippen molar-refractivity contribution in [3.8, 4) is 0 Å². The fraction of sp³-hybridized carbons (Fsp3) is 0. The van der Waals surface area contributed by atoms with Crippen LogP contribution in [0.2, 0.25) is 0 Å². The predicted octanol–water partition coefficient (Wildman–Crippen LogP) is 1.18. The molecule has 0 aromatic heterocycles. The van der Waals surface area contributed by atoms with E-state index in [-0.39, 0.29) is 5.76 Å². The number of hydrogen-bond donors (Lipinski definition) is 1. The number of aliphatic hydroxyl groups excluding tert-OH is 1. The fourth-order valence-electron chi connectivity index (χ4n) is 0.378. The van der Waals surface area contributed by atoms with Gasteiger partial charge in [0.25, 0.3) is 0 Å². The predicted molar refractivity (Wildman–Crippen MR) is 31.9 cm³/mol. The summed E-state index contributed by atoms with van der Waals surface area (Å²) in [6.45, 7) is 0. The van der Waals surface area contributed by atoms with Crippen LogP contribution in [0.3, 0.4) is 0 Å². The lowest BCUT2D eigenvalue weighted by Gasteiger charge is -1.79. The zero-order chi connectivity index (χ0) is 5.82. The van der Waals surface area contributed by atoms with Crippen molar-refractivity contribution in [1.82, 2.24) is 0 Å². The lowest BCUT2D eigenvalue weighted by atomic mass is 10.4. The Bertz CT molecular complexity index is 195. The molecule has 1 aliphatic heterocycles. The molecule has 1 aliphatic rings. The molecule has 0 unspecified atom stereocenters. The first kappa shape index (κ1) is 4.88. The van der Waals surface area contributed by atoms with Gasteiger partial charge in [0.2, 0.25) is 0 Å². The van der Waals surface area contributed by atoms with Crippen LogP contribution in [0.25, 0.3) is 0 Å². The second-order valence-electron chi connectivity index (χ2n) is 1.33. The van der Waals surface area contributed by atoms with E-state index in [9.17, 15) is 0 Å². The Hall–Kier alpha value is -1.27. The summed E-state index contributed by atoms with van der Waals surface area (Å²) in [4.78, 5) is 3.62. The summed E-state index contributed by atoms with van der Waals surface area (Å²) in [5, 5.41) is 8.73. The second-order valence-corrected chi connectivity index (χ2v) is 1.33. The third-order valence-electron chi connectivity index (χ3n) is 0.723. The van der Waals surface area contributed by atoms with Crippen LogP contribution in [0.4, 0.5) is 0 Å². The van der Waals surface area contributed by atoms with Crippen LogP contribution in [0.1, 0.15) is 0 Å². The van der Waals surface area contributed by atoms with Crippen molar-refractivity contribution in [2.75, 3.05) is 0 Å². The van der Waals surface area contributed by atoms with Gasteiger partial charge < -0.3 is 5.11 Å². The summed E-state index contributed by atoms with van der Waals surface area (Å²) in [5.41, 5.74) is 0. The van der Waals surface area contributed by atoms with Gasteiger partial charge >= 0.3 is 0 Å². The molecule has 0 bridgehead atoms. The number of aliphatic hydroxyl groups is 1. The van der Waals surface area contributed by atoms with Gasteiger partial charge in [-0.2, -0.15) is 0 Å². The molecule has 0 saturated heterocycles. The standard InChI is InChI=1S/C6H5NO/c8-6-2-1-4-7-5-3-6/h1-3,5,8H. The Labute approximate surface area is 47.2 Å². The zero-order valence-corrected chi connectivity index (χ0v) is 4.20. The van der Waals surface area contributed by atoms with Gasteiger partial charge in [0.05, 0.1) is 0 Å². The van der Waals surface area contributed by atoms with E-state index in [2.05, 4.69) is 10.9 Å². The highest BCUT2D eigenvalue weighted by atomic mass is 16.3. The van der Waals surface area contributed by atoms with Gasteiger partial charge in [-0.1, -0.05) is 0 Å². The van der Waals surface area contributed by atoms with Gasteiger partial charge in [-0.05, 0) is 18.0 Å². The van der Waals surface area contributed by atoms with Crippen LogP contribution in [0.5, 0.6) is 0 Å². The first-order chi connectivity index (χ1) is 3.89. The molecule has 0 radical (unpaired) electrons.